The minimum atomic E-state index is 0. The lowest BCUT2D eigenvalue weighted by Gasteiger charge is -2.39. The van der Waals surface area contributed by atoms with E-state index in [0.29, 0.717) is 5.91 Å². The number of rotatable bonds is 3. The van der Waals surface area contributed by atoms with Crippen LogP contribution in [0.15, 0.2) is 24.3 Å². The second-order valence-electron chi connectivity index (χ2n) is 6.68. The van der Waals surface area contributed by atoms with E-state index < -0.39 is 0 Å². The second-order valence-corrected chi connectivity index (χ2v) is 6.68. The summed E-state index contributed by atoms with van der Waals surface area (Å²) in [6.45, 7) is 4.82. The zero-order valence-electron chi connectivity index (χ0n) is 14.1. The van der Waals surface area contributed by atoms with Crippen molar-refractivity contribution in [2.75, 3.05) is 19.6 Å². The van der Waals surface area contributed by atoms with E-state index in [1.165, 1.54) is 30.4 Å². The highest BCUT2D eigenvalue weighted by Crippen LogP contribution is 2.30. The smallest absolute Gasteiger partial charge is 0.226 e. The molecule has 1 saturated carbocycles. The maximum absolute atomic E-state index is 13.0. The first-order valence-corrected chi connectivity index (χ1v) is 8.89. The molecule has 23 heavy (non-hydrogen) atoms. The molecule has 0 bridgehead atoms. The summed E-state index contributed by atoms with van der Waals surface area (Å²) in [6, 6.07) is 9.02. The van der Waals surface area contributed by atoms with Gasteiger partial charge in [-0.3, -0.25) is 4.79 Å². The van der Waals surface area contributed by atoms with Crippen LogP contribution in [0.25, 0.3) is 0 Å². The van der Waals surface area contributed by atoms with Crippen molar-refractivity contribution in [3.63, 3.8) is 0 Å². The normalized spacial score (nSPS) is 22.5. The fourth-order valence-electron chi connectivity index (χ4n) is 3.83. The van der Waals surface area contributed by atoms with E-state index >= 15 is 0 Å². The first-order chi connectivity index (χ1) is 10.8. The molecule has 4 heteroatoms. The van der Waals surface area contributed by atoms with E-state index in [4.69, 9.17) is 0 Å². The quantitative estimate of drug-likeness (QED) is 0.912. The number of benzene rings is 1. The van der Waals surface area contributed by atoms with Gasteiger partial charge in [0.1, 0.15) is 0 Å². The van der Waals surface area contributed by atoms with Crippen molar-refractivity contribution in [2.45, 2.75) is 51.5 Å². The Morgan fingerprint density at radius 2 is 1.87 bits per heavy atom. The van der Waals surface area contributed by atoms with Gasteiger partial charge in [0.2, 0.25) is 5.91 Å². The van der Waals surface area contributed by atoms with E-state index in [0.717, 1.165) is 38.9 Å². The summed E-state index contributed by atoms with van der Waals surface area (Å²) in [6.07, 6.45) is 6.98. The highest BCUT2D eigenvalue weighted by molar-refractivity contribution is 5.85. The van der Waals surface area contributed by atoms with Crippen LogP contribution in [0.3, 0.4) is 0 Å². The number of hydrogen-bond donors (Lipinski definition) is 1. The van der Waals surface area contributed by atoms with Crippen molar-refractivity contribution < 1.29 is 4.79 Å². The van der Waals surface area contributed by atoms with Gasteiger partial charge in [-0.25, -0.2) is 0 Å². The number of carbonyl (C=O) groups excluding carboxylic acids is 1. The Morgan fingerprint density at radius 1 is 1.17 bits per heavy atom. The Hall–Kier alpha value is -1.06. The van der Waals surface area contributed by atoms with Crippen molar-refractivity contribution in [1.82, 2.24) is 10.2 Å². The maximum Gasteiger partial charge on any atom is 0.226 e. The fourth-order valence-corrected chi connectivity index (χ4v) is 3.83. The molecule has 0 radical (unpaired) electrons. The zero-order chi connectivity index (χ0) is 15.4. The number of aryl methyl sites for hydroxylation is 1. The molecule has 2 fully saturated rings. The van der Waals surface area contributed by atoms with Gasteiger partial charge in [-0.2, -0.15) is 0 Å². The molecule has 1 aromatic carbocycles. The molecule has 1 atom stereocenters. The second kappa shape index (κ2) is 8.70. The summed E-state index contributed by atoms with van der Waals surface area (Å²) in [4.78, 5) is 15.1. The summed E-state index contributed by atoms with van der Waals surface area (Å²) < 4.78 is 0. The van der Waals surface area contributed by atoms with Crippen molar-refractivity contribution in [3.8, 4) is 0 Å². The Bertz CT molecular complexity index is 497. The average Bonchev–Trinajstić information content (AvgIpc) is 2.62. The SMILES string of the molecule is CCc1ccc(C2CNCCN2C(=O)C2CCCCC2)cc1.Cl. The van der Waals surface area contributed by atoms with Crippen LogP contribution >= 0.6 is 12.4 Å². The van der Waals surface area contributed by atoms with Crippen LogP contribution in [0, 0.1) is 5.92 Å². The highest BCUT2D eigenvalue weighted by Gasteiger charge is 2.32. The van der Waals surface area contributed by atoms with E-state index in [-0.39, 0.29) is 24.4 Å². The molecule has 0 spiro atoms. The first kappa shape index (κ1) is 18.3. The molecule has 1 amide bonds. The number of hydrogen-bond acceptors (Lipinski definition) is 2. The fraction of sp³-hybridized carbons (Fsp3) is 0.632. The summed E-state index contributed by atoms with van der Waals surface area (Å²) in [5.41, 5.74) is 2.63. The van der Waals surface area contributed by atoms with Crippen molar-refractivity contribution in [2.24, 2.45) is 5.92 Å². The lowest BCUT2D eigenvalue weighted by Crippen LogP contribution is -2.50. The van der Waals surface area contributed by atoms with Gasteiger partial charge >= 0.3 is 0 Å². The minimum Gasteiger partial charge on any atom is -0.333 e. The number of carbonyl (C=O) groups is 1. The summed E-state index contributed by atoms with van der Waals surface area (Å²) in [5, 5.41) is 3.46. The van der Waals surface area contributed by atoms with E-state index in [9.17, 15) is 4.79 Å². The van der Waals surface area contributed by atoms with Gasteiger partial charge in [-0.05, 0) is 30.4 Å². The average molecular weight is 337 g/mol. The summed E-state index contributed by atoms with van der Waals surface area (Å²) >= 11 is 0. The third kappa shape index (κ3) is 4.27. The predicted octanol–water partition coefficient (Wildman–Crippen LogP) is 3.72. The molecule has 1 aliphatic carbocycles. The molecule has 128 valence electrons. The third-order valence-corrected chi connectivity index (χ3v) is 5.25. The molecule has 3 rings (SSSR count). The molecule has 3 nitrogen and oxygen atoms in total. The van der Waals surface area contributed by atoms with Crippen LogP contribution in [-0.2, 0) is 11.2 Å². The zero-order valence-corrected chi connectivity index (χ0v) is 14.9. The number of nitrogens with zero attached hydrogens (tertiary/aromatic N) is 1. The Balaban J connectivity index is 0.00000192. The van der Waals surface area contributed by atoms with Gasteiger partial charge in [-0.1, -0.05) is 50.5 Å². The van der Waals surface area contributed by atoms with Crippen LogP contribution in [0.2, 0.25) is 0 Å². The van der Waals surface area contributed by atoms with Crippen LogP contribution < -0.4 is 5.32 Å². The lowest BCUT2D eigenvalue weighted by molar-refractivity contribution is -0.140. The van der Waals surface area contributed by atoms with Crippen LogP contribution in [-0.4, -0.2) is 30.4 Å². The molecule has 1 heterocycles. The molecule has 1 N–H and O–H groups in total. The van der Waals surface area contributed by atoms with Gasteiger partial charge in [0, 0.05) is 25.6 Å². The van der Waals surface area contributed by atoms with Crippen LogP contribution in [0.1, 0.15) is 56.2 Å². The van der Waals surface area contributed by atoms with Gasteiger partial charge < -0.3 is 10.2 Å². The standard InChI is InChI=1S/C19H28N2O.ClH/c1-2-15-8-10-16(11-9-15)18-14-20-12-13-21(18)19(22)17-6-4-3-5-7-17;/h8-11,17-18,20H,2-7,12-14H2,1H3;1H. The monoisotopic (exact) mass is 336 g/mol. The Morgan fingerprint density at radius 3 is 2.52 bits per heavy atom. The van der Waals surface area contributed by atoms with Gasteiger partial charge in [-0.15, -0.1) is 12.4 Å². The van der Waals surface area contributed by atoms with Crippen LogP contribution in [0.4, 0.5) is 0 Å². The van der Waals surface area contributed by atoms with Crippen molar-refractivity contribution >= 4 is 18.3 Å². The molecular weight excluding hydrogens is 308 g/mol. The lowest BCUT2D eigenvalue weighted by atomic mass is 9.87. The Labute approximate surface area is 146 Å². The topological polar surface area (TPSA) is 32.3 Å². The molecule has 1 saturated heterocycles. The van der Waals surface area contributed by atoms with Crippen LogP contribution in [0.5, 0.6) is 0 Å². The number of piperazine rings is 1. The molecular formula is C19H29ClN2O. The number of halogens is 1. The van der Waals surface area contributed by atoms with Gasteiger partial charge in [0.15, 0.2) is 0 Å². The summed E-state index contributed by atoms with van der Waals surface area (Å²) in [5.74, 6) is 0.662. The Kier molecular flexibility index (Phi) is 6.91. The third-order valence-electron chi connectivity index (χ3n) is 5.25. The van der Waals surface area contributed by atoms with Crippen molar-refractivity contribution in [3.05, 3.63) is 35.4 Å². The highest BCUT2D eigenvalue weighted by atomic mass is 35.5. The largest absolute Gasteiger partial charge is 0.333 e. The van der Waals surface area contributed by atoms with E-state index in [2.05, 4.69) is 41.4 Å². The number of nitrogens with one attached hydrogen (secondary N) is 1. The molecule has 1 aliphatic heterocycles. The maximum atomic E-state index is 13.0. The predicted molar refractivity (Wildman–Crippen MR) is 97.0 cm³/mol. The van der Waals surface area contributed by atoms with E-state index in [1.807, 2.05) is 0 Å². The first-order valence-electron chi connectivity index (χ1n) is 8.89. The molecule has 0 aromatic heterocycles. The molecule has 1 unspecified atom stereocenters. The number of amides is 1. The van der Waals surface area contributed by atoms with Gasteiger partial charge in [0.05, 0.1) is 6.04 Å². The molecule has 1 aromatic rings. The molecule has 2 aliphatic rings. The van der Waals surface area contributed by atoms with Crippen molar-refractivity contribution in [1.29, 1.82) is 0 Å². The van der Waals surface area contributed by atoms with E-state index in [1.54, 1.807) is 0 Å². The minimum absolute atomic E-state index is 0. The van der Waals surface area contributed by atoms with Gasteiger partial charge in [0.25, 0.3) is 0 Å². The summed E-state index contributed by atoms with van der Waals surface area (Å²) in [7, 11) is 0.